The number of fused-ring (bicyclic) bond motifs is 1. The first kappa shape index (κ1) is 27.3. The van der Waals surface area contributed by atoms with Crippen molar-refractivity contribution < 1.29 is 23.8 Å². The number of amides is 3. The van der Waals surface area contributed by atoms with Gasteiger partial charge >= 0.3 is 6.03 Å². The summed E-state index contributed by atoms with van der Waals surface area (Å²) in [6, 6.07) is 8.77. The van der Waals surface area contributed by atoms with Crippen LogP contribution in [0.5, 0.6) is 11.5 Å². The highest BCUT2D eigenvalue weighted by Crippen LogP contribution is 2.30. The van der Waals surface area contributed by atoms with Gasteiger partial charge in [-0.05, 0) is 48.6 Å². The molecule has 2 aromatic heterocycles. The molecule has 0 unspecified atom stereocenters. The maximum atomic E-state index is 12.7. The summed E-state index contributed by atoms with van der Waals surface area (Å²) in [6.45, 7) is 7.82. The Bertz CT molecular complexity index is 1240. The van der Waals surface area contributed by atoms with Crippen LogP contribution in [-0.2, 0) is 22.6 Å². The summed E-state index contributed by atoms with van der Waals surface area (Å²) < 4.78 is 18.5. The Morgan fingerprint density at radius 2 is 1.95 bits per heavy atom. The van der Waals surface area contributed by atoms with Crippen molar-refractivity contribution >= 4 is 28.7 Å². The van der Waals surface area contributed by atoms with Crippen molar-refractivity contribution in [3.8, 4) is 11.5 Å². The topological polar surface area (TPSA) is 107 Å². The van der Waals surface area contributed by atoms with Gasteiger partial charge in [0, 0.05) is 49.2 Å². The lowest BCUT2D eigenvalue weighted by molar-refractivity contribution is -0.135. The summed E-state index contributed by atoms with van der Waals surface area (Å²) >= 11 is 0. The number of rotatable bonds is 11. The number of carbonyl (C=O) groups excluding carboxylic acids is 2. The van der Waals surface area contributed by atoms with E-state index >= 15 is 0 Å². The zero-order chi connectivity index (χ0) is 26.9. The quantitative estimate of drug-likeness (QED) is 0.368. The van der Waals surface area contributed by atoms with Crippen LogP contribution in [0.2, 0.25) is 0 Å². The van der Waals surface area contributed by atoms with Gasteiger partial charge in [0.2, 0.25) is 5.91 Å². The average Bonchev–Trinajstić information content (AvgIpc) is 3.33. The van der Waals surface area contributed by atoms with Gasteiger partial charge in [0.15, 0.2) is 11.5 Å². The first-order valence-corrected chi connectivity index (χ1v) is 13.1. The van der Waals surface area contributed by atoms with E-state index in [0.717, 1.165) is 23.8 Å². The number of carbonyl (C=O) groups is 2. The number of pyridine rings is 1. The smallest absolute Gasteiger partial charge is 0.319 e. The van der Waals surface area contributed by atoms with Crippen LogP contribution in [-0.4, -0.2) is 66.4 Å². The molecule has 2 N–H and O–H groups in total. The highest BCUT2D eigenvalue weighted by atomic mass is 16.5. The number of anilines is 1. The molecule has 4 rings (SSSR count). The Balaban J connectivity index is 1.35. The minimum absolute atomic E-state index is 0.0401. The maximum Gasteiger partial charge on any atom is 0.319 e. The zero-order valence-electron chi connectivity index (χ0n) is 22.4. The van der Waals surface area contributed by atoms with Gasteiger partial charge in [0.05, 0.1) is 26.9 Å². The molecule has 0 saturated carbocycles. The number of urea groups is 1. The van der Waals surface area contributed by atoms with Crippen LogP contribution in [0.25, 0.3) is 11.0 Å². The predicted molar refractivity (Wildman–Crippen MR) is 146 cm³/mol. The molecule has 1 fully saturated rings. The number of methoxy groups -OCH3 is 1. The number of ether oxygens (including phenoxy) is 3. The Labute approximate surface area is 223 Å². The minimum atomic E-state index is -0.340. The number of hydrogen-bond acceptors (Lipinski definition) is 6. The average molecular weight is 524 g/mol. The molecule has 0 bridgehead atoms. The summed E-state index contributed by atoms with van der Waals surface area (Å²) in [5.74, 6) is 1.88. The Hall–Kier alpha value is -3.79. The molecule has 38 heavy (non-hydrogen) atoms. The van der Waals surface area contributed by atoms with Crippen molar-refractivity contribution in [2.24, 2.45) is 5.92 Å². The van der Waals surface area contributed by atoms with E-state index in [1.807, 2.05) is 27.8 Å². The summed E-state index contributed by atoms with van der Waals surface area (Å²) in [4.78, 5) is 31.6. The maximum absolute atomic E-state index is 12.7. The molecule has 0 atom stereocenters. The standard InChI is InChI=1S/C28H37N5O5/c1-20(2)5-4-14-38-25-17-22(6-7-24(25)36-3)31-28(35)30-18-21-8-10-29-27-23(21)9-11-33(27)19-26(34)32-12-15-37-16-13-32/h6-11,17,20H,4-5,12-16,18-19H2,1-3H3,(H2,30,31,35). The highest BCUT2D eigenvalue weighted by molar-refractivity contribution is 5.90. The van der Waals surface area contributed by atoms with Crippen molar-refractivity contribution in [2.75, 3.05) is 45.3 Å². The minimum Gasteiger partial charge on any atom is -0.493 e. The number of benzene rings is 1. The molecule has 1 aromatic carbocycles. The second-order valence-corrected chi connectivity index (χ2v) is 9.70. The first-order valence-electron chi connectivity index (χ1n) is 13.1. The van der Waals surface area contributed by atoms with Gasteiger partial charge in [0.1, 0.15) is 12.2 Å². The monoisotopic (exact) mass is 523 g/mol. The molecular formula is C28H37N5O5. The van der Waals surface area contributed by atoms with Gasteiger partial charge in [-0.3, -0.25) is 4.79 Å². The lowest BCUT2D eigenvalue weighted by Gasteiger charge is -2.27. The van der Waals surface area contributed by atoms with E-state index in [4.69, 9.17) is 14.2 Å². The van der Waals surface area contributed by atoms with Crippen molar-refractivity contribution in [1.82, 2.24) is 19.8 Å². The van der Waals surface area contributed by atoms with Gasteiger partial charge < -0.3 is 34.3 Å². The number of nitrogens with one attached hydrogen (secondary N) is 2. The Morgan fingerprint density at radius 1 is 1.13 bits per heavy atom. The van der Waals surface area contributed by atoms with Gasteiger partial charge in [-0.25, -0.2) is 9.78 Å². The molecule has 1 saturated heterocycles. The second kappa shape index (κ2) is 13.1. The van der Waals surface area contributed by atoms with E-state index in [9.17, 15) is 9.59 Å². The third-order valence-corrected chi connectivity index (χ3v) is 6.47. The lowest BCUT2D eigenvalue weighted by atomic mass is 10.1. The predicted octanol–water partition coefficient (Wildman–Crippen LogP) is 4.04. The molecule has 1 aliphatic heterocycles. The van der Waals surface area contributed by atoms with E-state index in [1.165, 1.54) is 0 Å². The molecule has 3 heterocycles. The molecular weight excluding hydrogens is 486 g/mol. The van der Waals surface area contributed by atoms with Crippen molar-refractivity contribution in [3.63, 3.8) is 0 Å². The largest absolute Gasteiger partial charge is 0.493 e. The highest BCUT2D eigenvalue weighted by Gasteiger charge is 2.18. The summed E-state index contributed by atoms with van der Waals surface area (Å²) in [5, 5.41) is 6.66. The molecule has 1 aliphatic rings. The molecule has 10 heteroatoms. The fourth-order valence-corrected chi connectivity index (χ4v) is 4.38. The number of aromatic nitrogens is 2. The summed E-state index contributed by atoms with van der Waals surface area (Å²) in [6.07, 6.45) is 5.58. The van der Waals surface area contributed by atoms with Gasteiger partial charge in [-0.2, -0.15) is 0 Å². The van der Waals surface area contributed by atoms with Crippen LogP contribution >= 0.6 is 0 Å². The van der Waals surface area contributed by atoms with Crippen molar-refractivity contribution in [1.29, 1.82) is 0 Å². The molecule has 0 aliphatic carbocycles. The zero-order valence-corrected chi connectivity index (χ0v) is 22.4. The third-order valence-electron chi connectivity index (χ3n) is 6.47. The molecule has 204 valence electrons. The molecule has 3 aromatic rings. The van der Waals surface area contributed by atoms with Crippen LogP contribution in [0.3, 0.4) is 0 Å². The van der Waals surface area contributed by atoms with Crippen LogP contribution < -0.4 is 20.1 Å². The molecule has 10 nitrogen and oxygen atoms in total. The number of hydrogen-bond donors (Lipinski definition) is 2. The van der Waals surface area contributed by atoms with Crippen LogP contribution in [0.15, 0.2) is 42.7 Å². The van der Waals surface area contributed by atoms with Gasteiger partial charge in [0.25, 0.3) is 0 Å². The van der Waals surface area contributed by atoms with Crippen molar-refractivity contribution in [3.05, 3.63) is 48.3 Å². The van der Waals surface area contributed by atoms with Crippen LogP contribution in [0.1, 0.15) is 32.3 Å². The molecule has 0 radical (unpaired) electrons. The van der Waals surface area contributed by atoms with Crippen LogP contribution in [0.4, 0.5) is 10.5 Å². The van der Waals surface area contributed by atoms with E-state index in [1.54, 1.807) is 31.5 Å². The number of morpholine rings is 1. The molecule has 0 spiro atoms. The van der Waals surface area contributed by atoms with Crippen molar-refractivity contribution in [2.45, 2.75) is 39.8 Å². The van der Waals surface area contributed by atoms with Gasteiger partial charge in [-0.1, -0.05) is 13.8 Å². The lowest BCUT2D eigenvalue weighted by Crippen LogP contribution is -2.42. The van der Waals surface area contributed by atoms with E-state index in [2.05, 4.69) is 29.5 Å². The first-order chi connectivity index (χ1) is 18.4. The normalized spacial score (nSPS) is 13.5. The fraction of sp³-hybridized carbons (Fsp3) is 0.464. The Morgan fingerprint density at radius 3 is 2.71 bits per heavy atom. The molecule has 3 amide bonds. The fourth-order valence-electron chi connectivity index (χ4n) is 4.38. The number of nitrogens with zero attached hydrogens (tertiary/aromatic N) is 3. The van der Waals surface area contributed by atoms with Gasteiger partial charge in [-0.15, -0.1) is 0 Å². The summed E-state index contributed by atoms with van der Waals surface area (Å²) in [5.41, 5.74) is 2.22. The van der Waals surface area contributed by atoms with E-state index in [0.29, 0.717) is 68.2 Å². The Kier molecular flexibility index (Phi) is 9.42. The van der Waals surface area contributed by atoms with E-state index in [-0.39, 0.29) is 18.5 Å². The SMILES string of the molecule is COc1ccc(NC(=O)NCc2ccnc3c2ccn3CC(=O)N2CCOCC2)cc1OCCCC(C)C. The summed E-state index contributed by atoms with van der Waals surface area (Å²) in [7, 11) is 1.59. The van der Waals surface area contributed by atoms with Crippen LogP contribution in [0, 0.1) is 5.92 Å². The third kappa shape index (κ3) is 7.16. The second-order valence-electron chi connectivity index (χ2n) is 9.70. The van der Waals surface area contributed by atoms with E-state index < -0.39 is 0 Å².